The molecule has 1 saturated carbocycles. The minimum absolute atomic E-state index is 0.00238. The first kappa shape index (κ1) is 15.1. The molecule has 1 aromatic carbocycles. The molecule has 0 radical (unpaired) electrons. The summed E-state index contributed by atoms with van der Waals surface area (Å²) in [6.45, 7) is 3.84. The van der Waals surface area contributed by atoms with E-state index in [1.165, 1.54) is 0 Å². The van der Waals surface area contributed by atoms with Crippen LogP contribution in [0.3, 0.4) is 0 Å². The Kier molecular flexibility index (Phi) is 4.21. The number of carbonyl (C=O) groups is 1. The van der Waals surface area contributed by atoms with Crippen molar-refractivity contribution in [2.45, 2.75) is 45.7 Å². The first-order chi connectivity index (χ1) is 9.27. The fraction of sp³-hybridized carbons (Fsp3) is 0.562. The fourth-order valence-corrected chi connectivity index (χ4v) is 3.04. The minimum Gasteiger partial charge on any atom is -0.294 e. The van der Waals surface area contributed by atoms with Crippen molar-refractivity contribution in [3.8, 4) is 0 Å². The summed E-state index contributed by atoms with van der Waals surface area (Å²) in [4.78, 5) is 12.4. The summed E-state index contributed by atoms with van der Waals surface area (Å²) in [5.41, 5.74) is 2.66. The van der Waals surface area contributed by atoms with Crippen molar-refractivity contribution in [3.05, 3.63) is 34.9 Å². The highest BCUT2D eigenvalue weighted by molar-refractivity contribution is 5.98. The number of benzene rings is 1. The van der Waals surface area contributed by atoms with Gasteiger partial charge in [0.25, 0.3) is 0 Å². The van der Waals surface area contributed by atoms with Gasteiger partial charge in [0.1, 0.15) is 0 Å². The van der Waals surface area contributed by atoms with E-state index in [9.17, 15) is 18.0 Å². The molecule has 0 unspecified atom stereocenters. The monoisotopic (exact) mass is 284 g/mol. The number of ketones is 1. The normalized spacial score (nSPS) is 23.6. The lowest BCUT2D eigenvalue weighted by atomic mass is 9.78. The van der Waals surface area contributed by atoms with E-state index in [1.54, 1.807) is 0 Å². The molecule has 1 nitrogen and oxygen atoms in total. The van der Waals surface area contributed by atoms with Crippen molar-refractivity contribution in [1.82, 2.24) is 0 Å². The van der Waals surface area contributed by atoms with Gasteiger partial charge in [0.2, 0.25) is 0 Å². The zero-order valence-corrected chi connectivity index (χ0v) is 11.8. The maximum absolute atomic E-state index is 12.6. The minimum atomic E-state index is -4.12. The molecule has 2 rings (SSSR count). The molecule has 1 aliphatic carbocycles. The molecule has 0 saturated heterocycles. The van der Waals surface area contributed by atoms with E-state index in [0.717, 1.165) is 11.1 Å². The first-order valence-corrected chi connectivity index (χ1v) is 6.96. The third-order valence-corrected chi connectivity index (χ3v) is 4.07. The van der Waals surface area contributed by atoms with E-state index in [0.29, 0.717) is 18.4 Å². The summed E-state index contributed by atoms with van der Waals surface area (Å²) in [6, 6.07) is 5.63. The average Bonchev–Trinajstić information content (AvgIpc) is 2.36. The number of alkyl halides is 3. The largest absolute Gasteiger partial charge is 0.391 e. The van der Waals surface area contributed by atoms with E-state index in [4.69, 9.17) is 0 Å². The third kappa shape index (κ3) is 3.41. The number of carbonyl (C=O) groups excluding carboxylic acids is 1. The van der Waals surface area contributed by atoms with Gasteiger partial charge < -0.3 is 0 Å². The van der Waals surface area contributed by atoms with Crippen LogP contribution in [0.5, 0.6) is 0 Å². The molecule has 1 aliphatic rings. The topological polar surface area (TPSA) is 17.1 Å². The Bertz CT molecular complexity index is 477. The van der Waals surface area contributed by atoms with Crippen LogP contribution >= 0.6 is 0 Å². The van der Waals surface area contributed by atoms with E-state index >= 15 is 0 Å². The van der Waals surface area contributed by atoms with Crippen LogP contribution in [0.25, 0.3) is 0 Å². The zero-order valence-electron chi connectivity index (χ0n) is 11.8. The summed E-state index contributed by atoms with van der Waals surface area (Å²) >= 11 is 0. The summed E-state index contributed by atoms with van der Waals surface area (Å²) < 4.78 is 37.8. The van der Waals surface area contributed by atoms with Crippen LogP contribution in [0.4, 0.5) is 13.2 Å². The molecule has 0 N–H and O–H groups in total. The highest BCUT2D eigenvalue weighted by Gasteiger charge is 2.42. The Morgan fingerprint density at radius 2 is 1.50 bits per heavy atom. The summed E-state index contributed by atoms with van der Waals surface area (Å²) in [6.07, 6.45) is -3.28. The number of aryl methyl sites for hydroxylation is 2. The van der Waals surface area contributed by atoms with Crippen molar-refractivity contribution in [2.75, 3.05) is 0 Å². The zero-order chi connectivity index (χ0) is 14.9. The molecule has 0 amide bonds. The Morgan fingerprint density at radius 1 is 1.00 bits per heavy atom. The molecule has 1 fully saturated rings. The van der Waals surface area contributed by atoms with Gasteiger partial charge >= 0.3 is 6.18 Å². The standard InChI is InChI=1S/C16H19F3O/c1-10-7-11(2)9-13(8-10)15(20)12-3-5-14(6-4-12)16(17,18)19/h7-9,12,14H,3-6H2,1-2H3. The average molecular weight is 284 g/mol. The van der Waals surface area contributed by atoms with E-state index in [-0.39, 0.29) is 24.5 Å². The van der Waals surface area contributed by atoms with Crippen LogP contribution in [0.15, 0.2) is 18.2 Å². The van der Waals surface area contributed by atoms with E-state index < -0.39 is 12.1 Å². The highest BCUT2D eigenvalue weighted by Crippen LogP contribution is 2.40. The molecule has 0 aliphatic heterocycles. The van der Waals surface area contributed by atoms with Crippen molar-refractivity contribution in [3.63, 3.8) is 0 Å². The molecule has 0 atom stereocenters. The van der Waals surface area contributed by atoms with Gasteiger partial charge in [-0.1, -0.05) is 17.2 Å². The van der Waals surface area contributed by atoms with Crippen LogP contribution < -0.4 is 0 Å². The van der Waals surface area contributed by atoms with Gasteiger partial charge in [-0.05, 0) is 51.7 Å². The lowest BCUT2D eigenvalue weighted by Crippen LogP contribution is -2.30. The molecular weight excluding hydrogens is 265 g/mol. The van der Waals surface area contributed by atoms with Crippen molar-refractivity contribution < 1.29 is 18.0 Å². The third-order valence-electron chi connectivity index (χ3n) is 4.07. The van der Waals surface area contributed by atoms with Gasteiger partial charge in [0, 0.05) is 11.5 Å². The second-order valence-corrected chi connectivity index (χ2v) is 5.83. The van der Waals surface area contributed by atoms with E-state index in [1.807, 2.05) is 32.0 Å². The number of hydrogen-bond acceptors (Lipinski definition) is 1. The fourth-order valence-electron chi connectivity index (χ4n) is 3.04. The second-order valence-electron chi connectivity index (χ2n) is 5.83. The van der Waals surface area contributed by atoms with Crippen LogP contribution in [-0.4, -0.2) is 12.0 Å². The molecule has 0 bridgehead atoms. The highest BCUT2D eigenvalue weighted by atomic mass is 19.4. The van der Waals surface area contributed by atoms with Crippen LogP contribution in [0, 0.1) is 25.7 Å². The molecule has 0 spiro atoms. The Labute approximate surface area is 117 Å². The quantitative estimate of drug-likeness (QED) is 0.709. The molecule has 20 heavy (non-hydrogen) atoms. The van der Waals surface area contributed by atoms with E-state index in [2.05, 4.69) is 0 Å². The SMILES string of the molecule is Cc1cc(C)cc(C(=O)C2CCC(C(F)(F)F)CC2)c1. The van der Waals surface area contributed by atoms with Crippen molar-refractivity contribution in [1.29, 1.82) is 0 Å². The number of Topliss-reactive ketones (excluding diaryl/α,β-unsaturated/α-hetero) is 1. The molecule has 0 aromatic heterocycles. The van der Waals surface area contributed by atoms with Gasteiger partial charge in [-0.15, -0.1) is 0 Å². The van der Waals surface area contributed by atoms with Crippen LogP contribution in [0.2, 0.25) is 0 Å². The van der Waals surface area contributed by atoms with Gasteiger partial charge in [-0.3, -0.25) is 4.79 Å². The number of halogens is 3. The second kappa shape index (κ2) is 5.58. The molecule has 4 heteroatoms. The van der Waals surface area contributed by atoms with Gasteiger partial charge in [-0.25, -0.2) is 0 Å². The number of hydrogen-bond donors (Lipinski definition) is 0. The molecule has 110 valence electrons. The molecular formula is C16H19F3O. The summed E-state index contributed by atoms with van der Waals surface area (Å²) in [5.74, 6) is -1.49. The maximum Gasteiger partial charge on any atom is 0.391 e. The van der Waals surface area contributed by atoms with Crippen LogP contribution in [0.1, 0.15) is 47.2 Å². The van der Waals surface area contributed by atoms with Crippen LogP contribution in [-0.2, 0) is 0 Å². The smallest absolute Gasteiger partial charge is 0.294 e. The lowest BCUT2D eigenvalue weighted by Gasteiger charge is -2.29. The van der Waals surface area contributed by atoms with Gasteiger partial charge in [0.15, 0.2) is 5.78 Å². The Balaban J connectivity index is 2.05. The number of rotatable bonds is 2. The molecule has 0 heterocycles. The van der Waals surface area contributed by atoms with Crippen molar-refractivity contribution >= 4 is 5.78 Å². The predicted octanol–water partition coefficient (Wildman–Crippen LogP) is 4.85. The summed E-state index contributed by atoms with van der Waals surface area (Å²) in [7, 11) is 0. The lowest BCUT2D eigenvalue weighted by molar-refractivity contribution is -0.183. The predicted molar refractivity (Wildman–Crippen MR) is 71.7 cm³/mol. The van der Waals surface area contributed by atoms with Crippen molar-refractivity contribution in [2.24, 2.45) is 11.8 Å². The first-order valence-electron chi connectivity index (χ1n) is 6.96. The Hall–Kier alpha value is -1.32. The van der Waals surface area contributed by atoms with Gasteiger partial charge in [0.05, 0.1) is 5.92 Å². The maximum atomic E-state index is 12.6. The van der Waals surface area contributed by atoms with Gasteiger partial charge in [-0.2, -0.15) is 13.2 Å². The molecule has 1 aromatic rings. The Morgan fingerprint density at radius 3 is 1.95 bits per heavy atom. The summed E-state index contributed by atoms with van der Waals surface area (Å²) in [5, 5.41) is 0.